The Hall–Kier alpha value is -2.12. The largest absolute Gasteiger partial charge is 0.344 e. The predicted molar refractivity (Wildman–Crippen MR) is 109 cm³/mol. The van der Waals surface area contributed by atoms with Crippen molar-refractivity contribution in [2.45, 2.75) is 44.7 Å². The summed E-state index contributed by atoms with van der Waals surface area (Å²) in [5, 5.41) is 2.84. The minimum absolute atomic E-state index is 0. The SMILES string of the molecule is CC(C)C(N)CCN(C)C(=O)CN1C(=O)NC2(CCc3ccccc32)C1=O.Cl. The first-order chi connectivity index (χ1) is 12.8. The average Bonchev–Trinajstić information content (AvgIpc) is 3.13. The second kappa shape index (κ2) is 8.49. The summed E-state index contributed by atoms with van der Waals surface area (Å²) in [6.45, 7) is 4.33. The van der Waals surface area contributed by atoms with Crippen LogP contribution in [-0.2, 0) is 21.5 Å². The predicted octanol–water partition coefficient (Wildman–Crippen LogP) is 1.63. The first-order valence-electron chi connectivity index (χ1n) is 9.48. The molecule has 28 heavy (non-hydrogen) atoms. The number of rotatable bonds is 6. The third-order valence-corrected chi connectivity index (χ3v) is 5.80. The van der Waals surface area contributed by atoms with Gasteiger partial charge in [0.1, 0.15) is 12.1 Å². The summed E-state index contributed by atoms with van der Waals surface area (Å²) in [7, 11) is 1.68. The van der Waals surface area contributed by atoms with Crippen LogP contribution < -0.4 is 11.1 Å². The zero-order valence-corrected chi connectivity index (χ0v) is 17.4. The van der Waals surface area contributed by atoms with Crippen molar-refractivity contribution in [2.24, 2.45) is 11.7 Å². The molecule has 154 valence electrons. The van der Waals surface area contributed by atoms with E-state index in [0.717, 1.165) is 22.4 Å². The number of nitrogens with one attached hydrogen (secondary N) is 1. The van der Waals surface area contributed by atoms with Gasteiger partial charge in [0, 0.05) is 19.6 Å². The fourth-order valence-electron chi connectivity index (χ4n) is 3.79. The number of fused-ring (bicyclic) bond motifs is 2. The average molecular weight is 409 g/mol. The van der Waals surface area contributed by atoms with Gasteiger partial charge in [0.25, 0.3) is 5.91 Å². The number of carbonyl (C=O) groups is 3. The summed E-state index contributed by atoms with van der Waals surface area (Å²) in [4.78, 5) is 40.7. The van der Waals surface area contributed by atoms with Crippen molar-refractivity contribution in [3.63, 3.8) is 0 Å². The summed E-state index contributed by atoms with van der Waals surface area (Å²) in [5.74, 6) is -0.266. The Kier molecular flexibility index (Phi) is 6.72. The Morgan fingerprint density at radius 3 is 2.68 bits per heavy atom. The van der Waals surface area contributed by atoms with Gasteiger partial charge in [-0.15, -0.1) is 12.4 Å². The van der Waals surface area contributed by atoms with Crippen LogP contribution in [0.3, 0.4) is 0 Å². The molecular weight excluding hydrogens is 380 g/mol. The van der Waals surface area contributed by atoms with Gasteiger partial charge in [0.05, 0.1) is 0 Å². The van der Waals surface area contributed by atoms with Crippen molar-refractivity contribution in [1.82, 2.24) is 15.1 Å². The summed E-state index contributed by atoms with van der Waals surface area (Å²) in [6, 6.07) is 7.16. The number of amides is 4. The van der Waals surface area contributed by atoms with E-state index >= 15 is 0 Å². The third-order valence-electron chi connectivity index (χ3n) is 5.80. The van der Waals surface area contributed by atoms with Gasteiger partial charge in [-0.1, -0.05) is 38.1 Å². The number of carbonyl (C=O) groups excluding carboxylic acids is 3. The van der Waals surface area contributed by atoms with E-state index in [9.17, 15) is 14.4 Å². The number of nitrogens with two attached hydrogens (primary N) is 1. The Morgan fingerprint density at radius 1 is 1.32 bits per heavy atom. The molecule has 1 aromatic rings. The fourth-order valence-corrected chi connectivity index (χ4v) is 3.79. The van der Waals surface area contributed by atoms with E-state index < -0.39 is 11.6 Å². The molecule has 0 aromatic heterocycles. The van der Waals surface area contributed by atoms with Gasteiger partial charge in [-0.3, -0.25) is 14.5 Å². The maximum Gasteiger partial charge on any atom is 0.325 e. The van der Waals surface area contributed by atoms with Crippen molar-refractivity contribution in [1.29, 1.82) is 0 Å². The lowest BCUT2D eigenvalue weighted by Gasteiger charge is -2.24. The number of hydrogen-bond acceptors (Lipinski definition) is 4. The van der Waals surface area contributed by atoms with E-state index in [0.29, 0.717) is 25.3 Å². The van der Waals surface area contributed by atoms with Gasteiger partial charge in [-0.2, -0.15) is 0 Å². The molecule has 1 aliphatic carbocycles. The maximum atomic E-state index is 13.1. The van der Waals surface area contributed by atoms with Crippen LogP contribution in [0.2, 0.25) is 0 Å². The minimum atomic E-state index is -1.02. The number of likely N-dealkylation sites (N-methyl/N-ethyl adjacent to an activating group) is 1. The van der Waals surface area contributed by atoms with Crippen LogP contribution in [0.1, 0.15) is 37.8 Å². The van der Waals surface area contributed by atoms with Crippen LogP contribution in [0, 0.1) is 5.92 Å². The highest BCUT2D eigenvalue weighted by Crippen LogP contribution is 2.41. The molecule has 1 aliphatic heterocycles. The summed E-state index contributed by atoms with van der Waals surface area (Å²) in [5.41, 5.74) is 6.92. The van der Waals surface area contributed by atoms with Gasteiger partial charge in [0.2, 0.25) is 5.91 Å². The zero-order chi connectivity index (χ0) is 19.8. The zero-order valence-electron chi connectivity index (χ0n) is 16.6. The van der Waals surface area contributed by atoms with E-state index in [2.05, 4.69) is 5.32 Å². The number of halogens is 1. The molecule has 8 heteroatoms. The van der Waals surface area contributed by atoms with E-state index in [-0.39, 0.29) is 36.8 Å². The number of benzene rings is 1. The molecule has 4 amide bonds. The van der Waals surface area contributed by atoms with E-state index in [4.69, 9.17) is 5.73 Å². The molecule has 7 nitrogen and oxygen atoms in total. The van der Waals surface area contributed by atoms with Gasteiger partial charge in [0.15, 0.2) is 0 Å². The van der Waals surface area contributed by atoms with Crippen LogP contribution >= 0.6 is 12.4 Å². The summed E-state index contributed by atoms with van der Waals surface area (Å²) < 4.78 is 0. The van der Waals surface area contributed by atoms with Crippen LogP contribution in [-0.4, -0.2) is 53.8 Å². The molecule has 1 heterocycles. The highest BCUT2D eigenvalue weighted by atomic mass is 35.5. The van der Waals surface area contributed by atoms with Crippen LogP contribution in [0.4, 0.5) is 4.79 Å². The van der Waals surface area contributed by atoms with Crippen LogP contribution in [0.15, 0.2) is 24.3 Å². The minimum Gasteiger partial charge on any atom is -0.344 e. The Morgan fingerprint density at radius 2 is 2.00 bits per heavy atom. The number of hydrogen-bond donors (Lipinski definition) is 2. The maximum absolute atomic E-state index is 13.1. The molecule has 0 saturated carbocycles. The number of nitrogens with zero attached hydrogens (tertiary/aromatic N) is 2. The van der Waals surface area contributed by atoms with E-state index in [1.807, 2.05) is 38.1 Å². The summed E-state index contributed by atoms with van der Waals surface area (Å²) >= 11 is 0. The van der Waals surface area contributed by atoms with Gasteiger partial charge >= 0.3 is 6.03 Å². The topological polar surface area (TPSA) is 95.7 Å². The normalized spacial score (nSPS) is 21.5. The fraction of sp³-hybridized carbons (Fsp3) is 0.550. The van der Waals surface area contributed by atoms with Crippen molar-refractivity contribution in [3.05, 3.63) is 35.4 Å². The van der Waals surface area contributed by atoms with Crippen molar-refractivity contribution < 1.29 is 14.4 Å². The molecule has 0 radical (unpaired) electrons. The molecule has 1 aromatic carbocycles. The van der Waals surface area contributed by atoms with Gasteiger partial charge < -0.3 is 16.0 Å². The Labute approximate surface area is 172 Å². The molecule has 1 fully saturated rings. The quantitative estimate of drug-likeness (QED) is 0.699. The molecule has 1 spiro atoms. The highest BCUT2D eigenvalue weighted by Gasteiger charge is 2.55. The second-order valence-electron chi connectivity index (χ2n) is 7.90. The number of imide groups is 1. The summed E-state index contributed by atoms with van der Waals surface area (Å²) in [6.07, 6.45) is 1.94. The van der Waals surface area contributed by atoms with Gasteiger partial charge in [-0.25, -0.2) is 4.79 Å². The number of urea groups is 1. The second-order valence-corrected chi connectivity index (χ2v) is 7.90. The first kappa shape index (κ1) is 22.2. The highest BCUT2D eigenvalue weighted by molar-refractivity contribution is 6.09. The van der Waals surface area contributed by atoms with E-state index in [1.54, 1.807) is 7.05 Å². The Bertz CT molecular complexity index is 770. The van der Waals surface area contributed by atoms with Crippen LogP contribution in [0.5, 0.6) is 0 Å². The molecule has 2 aliphatic rings. The molecule has 0 bridgehead atoms. The molecule has 3 rings (SSSR count). The van der Waals surface area contributed by atoms with Gasteiger partial charge in [-0.05, 0) is 36.3 Å². The lowest BCUT2D eigenvalue weighted by Crippen LogP contribution is -2.44. The number of aryl methyl sites for hydroxylation is 1. The lowest BCUT2D eigenvalue weighted by atomic mass is 9.92. The molecular formula is C20H29ClN4O3. The van der Waals surface area contributed by atoms with E-state index in [1.165, 1.54) is 4.90 Å². The Balaban J connectivity index is 0.00000280. The molecule has 3 N–H and O–H groups in total. The molecule has 2 unspecified atom stereocenters. The monoisotopic (exact) mass is 408 g/mol. The standard InChI is InChI=1S/C20H28N4O3.ClH/c1-13(2)16(21)9-11-23(3)17(25)12-24-18(26)20(22-19(24)27)10-8-14-6-4-5-7-15(14)20;/h4-7,13,16H,8-12,21H2,1-3H3,(H,22,27);1H. The first-order valence-corrected chi connectivity index (χ1v) is 9.48. The smallest absolute Gasteiger partial charge is 0.325 e. The molecule has 1 saturated heterocycles. The van der Waals surface area contributed by atoms with Crippen LogP contribution in [0.25, 0.3) is 0 Å². The lowest BCUT2D eigenvalue weighted by molar-refractivity contribution is -0.138. The van der Waals surface area contributed by atoms with Crippen molar-refractivity contribution >= 4 is 30.3 Å². The third kappa shape index (κ3) is 3.86. The van der Waals surface area contributed by atoms with Crippen molar-refractivity contribution in [3.8, 4) is 0 Å². The van der Waals surface area contributed by atoms with Crippen molar-refractivity contribution in [2.75, 3.05) is 20.1 Å². The molecule has 2 atom stereocenters.